The van der Waals surface area contributed by atoms with Crippen molar-refractivity contribution in [2.24, 2.45) is 0 Å². The van der Waals surface area contributed by atoms with Crippen molar-refractivity contribution in [1.82, 2.24) is 0 Å². The summed E-state index contributed by atoms with van der Waals surface area (Å²) < 4.78 is 0. The fourth-order valence-electron chi connectivity index (χ4n) is 1.79. The van der Waals surface area contributed by atoms with Crippen LogP contribution in [0.5, 0.6) is 5.75 Å². The molecule has 2 heteroatoms. The number of phenols is 1. The summed E-state index contributed by atoms with van der Waals surface area (Å²) in [5.74, 6) is 1.59. The summed E-state index contributed by atoms with van der Waals surface area (Å²) in [5, 5.41) is 9.43. The fourth-order valence-corrected chi connectivity index (χ4v) is 2.80. The fraction of sp³-hybridized carbons (Fsp3) is 0.600. The van der Waals surface area contributed by atoms with Gasteiger partial charge in [0.05, 0.1) is 0 Å². The van der Waals surface area contributed by atoms with Gasteiger partial charge in [0.15, 0.2) is 0 Å². The Morgan fingerprint density at radius 3 is 2.47 bits per heavy atom. The average Bonchev–Trinajstić information content (AvgIpc) is 2.32. The van der Waals surface area contributed by atoms with E-state index in [-0.39, 0.29) is 0 Å². The van der Waals surface area contributed by atoms with Crippen LogP contribution in [0.1, 0.15) is 51.0 Å². The molecule has 0 aliphatic rings. The molecule has 0 aromatic heterocycles. The van der Waals surface area contributed by atoms with Crippen LogP contribution < -0.4 is 0 Å². The number of hydrogen-bond acceptors (Lipinski definition) is 2. The summed E-state index contributed by atoms with van der Waals surface area (Å²) in [6.07, 6.45) is 8.12. The molecule has 0 atom stereocenters. The SMILES string of the molecule is CCCCCCCCSc1ccc(O)c(C)c1. The third-order valence-electron chi connectivity index (χ3n) is 2.93. The zero-order chi connectivity index (χ0) is 12.5. The number of hydrogen-bond donors (Lipinski definition) is 1. The first-order valence-electron chi connectivity index (χ1n) is 6.66. The Balaban J connectivity index is 2.11. The van der Waals surface area contributed by atoms with Gasteiger partial charge in [-0.3, -0.25) is 0 Å². The maximum absolute atomic E-state index is 9.43. The minimum atomic E-state index is 0.397. The number of rotatable bonds is 8. The van der Waals surface area contributed by atoms with Crippen LogP contribution >= 0.6 is 11.8 Å². The highest BCUT2D eigenvalue weighted by molar-refractivity contribution is 7.99. The summed E-state index contributed by atoms with van der Waals surface area (Å²) in [7, 11) is 0. The molecule has 17 heavy (non-hydrogen) atoms. The summed E-state index contributed by atoms with van der Waals surface area (Å²) in [6.45, 7) is 4.20. The van der Waals surface area contributed by atoms with Crippen LogP contribution in [0, 0.1) is 6.92 Å². The van der Waals surface area contributed by atoms with Gasteiger partial charge in [0.1, 0.15) is 5.75 Å². The largest absolute Gasteiger partial charge is 0.508 e. The highest BCUT2D eigenvalue weighted by Crippen LogP contribution is 2.25. The van der Waals surface area contributed by atoms with Gasteiger partial charge < -0.3 is 5.11 Å². The molecule has 0 aliphatic carbocycles. The Kier molecular flexibility index (Phi) is 7.18. The normalized spacial score (nSPS) is 10.7. The number of thioether (sulfide) groups is 1. The van der Waals surface area contributed by atoms with Gasteiger partial charge in [-0.1, -0.05) is 39.0 Å². The molecule has 1 rings (SSSR count). The van der Waals surface area contributed by atoms with Crippen LogP contribution in [0.2, 0.25) is 0 Å². The number of benzene rings is 1. The van der Waals surface area contributed by atoms with Gasteiger partial charge >= 0.3 is 0 Å². The molecule has 0 bridgehead atoms. The summed E-state index contributed by atoms with van der Waals surface area (Å²) in [6, 6.07) is 5.86. The molecule has 0 radical (unpaired) electrons. The molecule has 0 amide bonds. The van der Waals surface area contributed by atoms with Crippen LogP contribution in [0.3, 0.4) is 0 Å². The summed E-state index contributed by atoms with van der Waals surface area (Å²) >= 11 is 1.90. The Bertz CT molecular complexity index is 323. The molecule has 0 unspecified atom stereocenters. The zero-order valence-corrected chi connectivity index (χ0v) is 11.9. The van der Waals surface area contributed by atoms with Gasteiger partial charge in [0.25, 0.3) is 0 Å². The van der Waals surface area contributed by atoms with Crippen LogP contribution in [-0.4, -0.2) is 10.9 Å². The van der Waals surface area contributed by atoms with Gasteiger partial charge in [0.2, 0.25) is 0 Å². The maximum atomic E-state index is 9.43. The highest BCUT2D eigenvalue weighted by atomic mass is 32.2. The Labute approximate surface area is 110 Å². The van der Waals surface area contributed by atoms with Gasteiger partial charge in [-0.25, -0.2) is 0 Å². The second-order valence-electron chi connectivity index (χ2n) is 4.56. The van der Waals surface area contributed by atoms with E-state index in [0.717, 1.165) is 5.56 Å². The highest BCUT2D eigenvalue weighted by Gasteiger charge is 1.98. The van der Waals surface area contributed by atoms with Crippen LogP contribution in [-0.2, 0) is 0 Å². The van der Waals surface area contributed by atoms with E-state index in [2.05, 4.69) is 13.0 Å². The molecular formula is C15H24OS. The lowest BCUT2D eigenvalue weighted by Gasteiger charge is -2.04. The molecule has 0 saturated carbocycles. The molecule has 0 fully saturated rings. The van der Waals surface area contributed by atoms with Crippen molar-refractivity contribution < 1.29 is 5.11 Å². The first-order chi connectivity index (χ1) is 8.24. The summed E-state index contributed by atoms with van der Waals surface area (Å²) in [5.41, 5.74) is 0.970. The Hall–Kier alpha value is -0.630. The van der Waals surface area contributed by atoms with E-state index in [1.165, 1.54) is 49.2 Å². The van der Waals surface area contributed by atoms with E-state index < -0.39 is 0 Å². The van der Waals surface area contributed by atoms with E-state index in [9.17, 15) is 5.11 Å². The van der Waals surface area contributed by atoms with E-state index in [0.29, 0.717) is 5.75 Å². The van der Waals surface area contributed by atoms with E-state index in [1.54, 1.807) is 6.07 Å². The molecule has 0 saturated heterocycles. The number of aromatic hydroxyl groups is 1. The topological polar surface area (TPSA) is 20.2 Å². The monoisotopic (exact) mass is 252 g/mol. The predicted molar refractivity (Wildman–Crippen MR) is 76.9 cm³/mol. The molecule has 1 aromatic rings. The second-order valence-corrected chi connectivity index (χ2v) is 5.73. The van der Waals surface area contributed by atoms with Gasteiger partial charge in [-0.05, 0) is 42.9 Å². The standard InChI is InChI=1S/C15H24OS/c1-3-4-5-6-7-8-11-17-14-9-10-15(16)13(2)12-14/h9-10,12,16H,3-8,11H2,1-2H3. The first kappa shape index (κ1) is 14.4. The number of aryl methyl sites for hydroxylation is 1. The molecular weight excluding hydrogens is 228 g/mol. The Morgan fingerprint density at radius 1 is 1.06 bits per heavy atom. The van der Waals surface area contributed by atoms with Crippen molar-refractivity contribution in [3.8, 4) is 5.75 Å². The van der Waals surface area contributed by atoms with Crippen molar-refractivity contribution in [3.63, 3.8) is 0 Å². The van der Waals surface area contributed by atoms with Gasteiger partial charge in [0, 0.05) is 4.90 Å². The minimum Gasteiger partial charge on any atom is -0.508 e. The van der Waals surface area contributed by atoms with Crippen molar-refractivity contribution >= 4 is 11.8 Å². The van der Waals surface area contributed by atoms with Crippen LogP contribution in [0.4, 0.5) is 0 Å². The van der Waals surface area contributed by atoms with E-state index >= 15 is 0 Å². The molecule has 1 aromatic carbocycles. The first-order valence-corrected chi connectivity index (χ1v) is 7.65. The van der Waals surface area contributed by atoms with Crippen LogP contribution in [0.25, 0.3) is 0 Å². The van der Waals surface area contributed by atoms with Gasteiger partial charge in [-0.15, -0.1) is 11.8 Å². The van der Waals surface area contributed by atoms with E-state index in [1.807, 2.05) is 24.8 Å². The third-order valence-corrected chi connectivity index (χ3v) is 4.01. The van der Waals surface area contributed by atoms with Crippen molar-refractivity contribution in [2.45, 2.75) is 57.3 Å². The molecule has 1 N–H and O–H groups in total. The number of phenolic OH excluding ortho intramolecular Hbond substituents is 1. The lowest BCUT2D eigenvalue weighted by molar-refractivity contribution is 0.470. The van der Waals surface area contributed by atoms with E-state index in [4.69, 9.17) is 0 Å². The molecule has 0 heterocycles. The van der Waals surface area contributed by atoms with Crippen molar-refractivity contribution in [1.29, 1.82) is 0 Å². The Morgan fingerprint density at radius 2 is 1.76 bits per heavy atom. The lowest BCUT2D eigenvalue weighted by atomic mass is 10.1. The van der Waals surface area contributed by atoms with Crippen LogP contribution in [0.15, 0.2) is 23.1 Å². The van der Waals surface area contributed by atoms with Crippen molar-refractivity contribution in [3.05, 3.63) is 23.8 Å². The molecule has 1 nitrogen and oxygen atoms in total. The predicted octanol–water partition coefficient (Wildman–Crippen LogP) is 5.15. The second kappa shape index (κ2) is 8.46. The average molecular weight is 252 g/mol. The third kappa shape index (κ3) is 6.02. The quantitative estimate of drug-likeness (QED) is 0.510. The lowest BCUT2D eigenvalue weighted by Crippen LogP contribution is -1.83. The molecule has 0 spiro atoms. The minimum absolute atomic E-state index is 0.397. The number of unbranched alkanes of at least 4 members (excludes halogenated alkanes) is 5. The summed E-state index contributed by atoms with van der Waals surface area (Å²) in [4.78, 5) is 1.27. The maximum Gasteiger partial charge on any atom is 0.118 e. The zero-order valence-electron chi connectivity index (χ0n) is 11.0. The smallest absolute Gasteiger partial charge is 0.118 e. The molecule has 96 valence electrons. The molecule has 0 aliphatic heterocycles. The van der Waals surface area contributed by atoms with Gasteiger partial charge in [-0.2, -0.15) is 0 Å². The van der Waals surface area contributed by atoms with Crippen molar-refractivity contribution in [2.75, 3.05) is 5.75 Å².